The molecule has 4 rings (SSSR count). The lowest BCUT2D eigenvalue weighted by Crippen LogP contribution is -2.30. The smallest absolute Gasteiger partial charge is 0.269 e. The second-order valence-electron chi connectivity index (χ2n) is 7.32. The summed E-state index contributed by atoms with van der Waals surface area (Å²) in [4.78, 5) is 27.8. The van der Waals surface area contributed by atoms with Gasteiger partial charge in [-0.05, 0) is 54.4 Å². The number of hydrogen-bond acceptors (Lipinski definition) is 4. The second kappa shape index (κ2) is 10.3. The number of benzene rings is 3. The van der Waals surface area contributed by atoms with Crippen molar-refractivity contribution in [2.24, 2.45) is 0 Å². The number of carbonyl (C=O) groups is 2. The van der Waals surface area contributed by atoms with Gasteiger partial charge >= 0.3 is 0 Å². The Kier molecular flexibility index (Phi) is 7.23. The highest BCUT2D eigenvalue weighted by atomic mass is 35.5. The Labute approximate surface area is 209 Å². The first-order valence-corrected chi connectivity index (χ1v) is 11.7. The van der Waals surface area contributed by atoms with Crippen molar-refractivity contribution >= 4 is 58.2 Å². The number of nitriles is 1. The van der Waals surface area contributed by atoms with E-state index in [2.05, 4.69) is 5.32 Å². The highest BCUT2D eigenvalue weighted by molar-refractivity contribution is 8.05. The molecule has 1 N–H and O–H groups in total. The van der Waals surface area contributed by atoms with Gasteiger partial charge in [0.25, 0.3) is 5.91 Å². The first kappa shape index (κ1) is 23.8. The van der Waals surface area contributed by atoms with E-state index in [4.69, 9.17) is 23.2 Å². The Morgan fingerprint density at radius 1 is 1.06 bits per heavy atom. The van der Waals surface area contributed by atoms with E-state index in [-0.39, 0.29) is 27.3 Å². The molecule has 9 heteroatoms. The van der Waals surface area contributed by atoms with Gasteiger partial charge in [0.05, 0.1) is 15.3 Å². The highest BCUT2D eigenvalue weighted by Gasteiger charge is 2.40. The van der Waals surface area contributed by atoms with Crippen LogP contribution in [0, 0.1) is 17.1 Å². The van der Waals surface area contributed by atoms with Crippen molar-refractivity contribution in [1.82, 2.24) is 0 Å². The van der Waals surface area contributed by atoms with E-state index in [0.29, 0.717) is 22.8 Å². The minimum atomic E-state index is -0.681. The van der Waals surface area contributed by atoms with Crippen molar-refractivity contribution in [2.45, 2.75) is 11.7 Å². The molecule has 0 unspecified atom stereocenters. The number of hydrogen-bond donors (Lipinski definition) is 1. The van der Waals surface area contributed by atoms with Crippen molar-refractivity contribution in [1.29, 1.82) is 5.26 Å². The van der Waals surface area contributed by atoms with E-state index >= 15 is 0 Å². The Morgan fingerprint density at radius 2 is 1.76 bits per heavy atom. The maximum absolute atomic E-state index is 13.4. The lowest BCUT2D eigenvalue weighted by molar-refractivity contribution is -0.117. The van der Waals surface area contributed by atoms with Crippen LogP contribution in [0.25, 0.3) is 0 Å². The van der Waals surface area contributed by atoms with Gasteiger partial charge in [-0.15, -0.1) is 0 Å². The summed E-state index contributed by atoms with van der Waals surface area (Å²) in [6.07, 6.45) is 0.309. The molecule has 2 amide bonds. The van der Waals surface area contributed by atoms with E-state index in [1.54, 1.807) is 48.5 Å². The molecule has 1 aliphatic heterocycles. The van der Waals surface area contributed by atoms with Gasteiger partial charge in [0, 0.05) is 11.4 Å². The first-order valence-electron chi connectivity index (χ1n) is 10.1. The minimum absolute atomic E-state index is 0.213. The number of rotatable bonds is 5. The van der Waals surface area contributed by atoms with Crippen molar-refractivity contribution < 1.29 is 14.0 Å². The monoisotopic (exact) mass is 511 g/mol. The van der Waals surface area contributed by atoms with Crippen LogP contribution in [0.5, 0.6) is 0 Å². The number of amides is 2. The molecule has 1 atom stereocenters. The largest absolute Gasteiger partial charge is 0.321 e. The molecule has 0 saturated carbocycles. The normalized spacial score (nSPS) is 16.8. The van der Waals surface area contributed by atoms with Gasteiger partial charge in [-0.25, -0.2) is 4.39 Å². The van der Waals surface area contributed by atoms with Crippen LogP contribution in [-0.4, -0.2) is 17.1 Å². The average Bonchev–Trinajstić information content (AvgIpc) is 3.14. The molecule has 3 aromatic rings. The van der Waals surface area contributed by atoms with Gasteiger partial charge in [-0.3, -0.25) is 14.5 Å². The first-order chi connectivity index (χ1) is 16.4. The summed E-state index contributed by atoms with van der Waals surface area (Å²) in [7, 11) is 0. The highest BCUT2D eigenvalue weighted by Crippen LogP contribution is 2.42. The molecule has 170 valence electrons. The zero-order chi connectivity index (χ0) is 24.2. The Bertz CT molecular complexity index is 1320. The minimum Gasteiger partial charge on any atom is -0.321 e. The number of carbonyl (C=O) groups excluding carboxylic acids is 2. The molecule has 1 heterocycles. The standard InChI is InChI=1S/C25H16Cl2FN3O2S/c26-20-11-10-17(13-21(20)27)30-23(32)19(14-29)25-31(18-4-2-1-3-5-18)24(33)22(34-25)12-15-6-8-16(28)9-7-15/h1-11,13,22H,12H2,(H,30,32)/b25-19-/t22-/m1/s1. The van der Waals surface area contributed by atoms with Gasteiger partial charge < -0.3 is 5.32 Å². The van der Waals surface area contributed by atoms with E-state index in [1.807, 2.05) is 6.07 Å². The summed E-state index contributed by atoms with van der Waals surface area (Å²) in [6.45, 7) is 0. The summed E-state index contributed by atoms with van der Waals surface area (Å²) in [5.74, 6) is -1.32. The summed E-state index contributed by atoms with van der Waals surface area (Å²) < 4.78 is 13.3. The molecular formula is C25H16Cl2FN3O2S. The van der Waals surface area contributed by atoms with E-state index < -0.39 is 11.2 Å². The van der Waals surface area contributed by atoms with Crippen LogP contribution in [0.1, 0.15) is 5.56 Å². The van der Waals surface area contributed by atoms with Gasteiger partial charge in [0.15, 0.2) is 0 Å². The molecule has 0 spiro atoms. The van der Waals surface area contributed by atoms with Gasteiger partial charge in [0.2, 0.25) is 5.91 Å². The Balaban J connectivity index is 1.70. The van der Waals surface area contributed by atoms with Crippen molar-refractivity contribution in [2.75, 3.05) is 10.2 Å². The number of para-hydroxylation sites is 1. The summed E-state index contributed by atoms with van der Waals surface area (Å²) in [5.41, 5.74) is 1.44. The van der Waals surface area contributed by atoms with E-state index in [1.165, 1.54) is 29.2 Å². The Morgan fingerprint density at radius 3 is 2.41 bits per heavy atom. The van der Waals surface area contributed by atoms with Crippen molar-refractivity contribution in [3.8, 4) is 6.07 Å². The lowest BCUT2D eigenvalue weighted by Gasteiger charge is -2.18. The molecule has 0 radical (unpaired) electrons. The number of thioether (sulfide) groups is 1. The molecular weight excluding hydrogens is 496 g/mol. The molecule has 34 heavy (non-hydrogen) atoms. The average molecular weight is 512 g/mol. The molecule has 1 fully saturated rings. The zero-order valence-electron chi connectivity index (χ0n) is 17.5. The third-order valence-electron chi connectivity index (χ3n) is 5.03. The zero-order valence-corrected chi connectivity index (χ0v) is 19.8. The molecule has 3 aromatic carbocycles. The van der Waals surface area contributed by atoms with Crippen LogP contribution in [0.2, 0.25) is 10.0 Å². The van der Waals surface area contributed by atoms with Crippen LogP contribution in [0.3, 0.4) is 0 Å². The molecule has 5 nitrogen and oxygen atoms in total. The van der Waals surface area contributed by atoms with Crippen molar-refractivity contribution in [3.63, 3.8) is 0 Å². The van der Waals surface area contributed by atoms with E-state index in [9.17, 15) is 19.2 Å². The number of halogens is 3. The third kappa shape index (κ3) is 5.10. The van der Waals surface area contributed by atoms with Gasteiger partial charge in [0.1, 0.15) is 22.5 Å². The fraction of sp³-hybridized carbons (Fsp3) is 0.0800. The molecule has 0 bridgehead atoms. The number of anilines is 2. The van der Waals surface area contributed by atoms with Crippen LogP contribution >= 0.6 is 35.0 Å². The number of nitrogens with one attached hydrogen (secondary N) is 1. The molecule has 0 aromatic heterocycles. The summed E-state index contributed by atoms with van der Waals surface area (Å²) in [5, 5.41) is 12.7. The lowest BCUT2D eigenvalue weighted by atomic mass is 10.1. The maximum atomic E-state index is 13.4. The van der Waals surface area contributed by atoms with Gasteiger partial charge in [-0.1, -0.05) is 65.3 Å². The van der Waals surface area contributed by atoms with E-state index in [0.717, 1.165) is 17.3 Å². The second-order valence-corrected chi connectivity index (χ2v) is 9.33. The molecule has 1 aliphatic rings. The maximum Gasteiger partial charge on any atom is 0.269 e. The predicted molar refractivity (Wildman–Crippen MR) is 133 cm³/mol. The molecule has 0 aliphatic carbocycles. The summed E-state index contributed by atoms with van der Waals surface area (Å²) in [6, 6.07) is 21.2. The topological polar surface area (TPSA) is 73.2 Å². The van der Waals surface area contributed by atoms with Crippen LogP contribution in [-0.2, 0) is 16.0 Å². The third-order valence-corrected chi connectivity index (χ3v) is 7.03. The Hall–Kier alpha value is -3.31. The van der Waals surface area contributed by atoms with Crippen LogP contribution < -0.4 is 10.2 Å². The fourth-order valence-corrected chi connectivity index (χ4v) is 5.01. The SMILES string of the molecule is N#C/C(C(=O)Nc1ccc(Cl)c(Cl)c1)=C1/S[C@H](Cc2ccc(F)cc2)C(=O)N1c1ccccc1. The quantitative estimate of drug-likeness (QED) is 0.327. The summed E-state index contributed by atoms with van der Waals surface area (Å²) >= 11 is 13.1. The molecule has 1 saturated heterocycles. The fourth-order valence-electron chi connectivity index (χ4n) is 3.40. The van der Waals surface area contributed by atoms with Crippen molar-refractivity contribution in [3.05, 3.63) is 105 Å². The number of nitrogens with zero attached hydrogens (tertiary/aromatic N) is 2. The van der Waals surface area contributed by atoms with Crippen LogP contribution in [0.15, 0.2) is 83.4 Å². The van der Waals surface area contributed by atoms with Crippen LogP contribution in [0.4, 0.5) is 15.8 Å². The van der Waals surface area contributed by atoms with Gasteiger partial charge in [-0.2, -0.15) is 5.26 Å². The predicted octanol–water partition coefficient (Wildman–Crippen LogP) is 6.20.